The quantitative estimate of drug-likeness (QED) is 0.378. The van der Waals surface area contributed by atoms with Crippen molar-refractivity contribution in [1.82, 2.24) is 0 Å². The van der Waals surface area contributed by atoms with E-state index in [2.05, 4.69) is 49.1 Å². The van der Waals surface area contributed by atoms with Crippen LogP contribution in [0, 0.1) is 11.8 Å². The van der Waals surface area contributed by atoms with Gasteiger partial charge in [-0.2, -0.15) is 0 Å². The maximum Gasteiger partial charge on any atom is 0.138 e. The number of allylic oxidation sites excluding steroid dienone is 2. The molecule has 1 nitrogen and oxygen atoms in total. The van der Waals surface area contributed by atoms with Gasteiger partial charge < -0.3 is 4.42 Å². The Morgan fingerprint density at radius 2 is 1.52 bits per heavy atom. The van der Waals surface area contributed by atoms with Crippen molar-refractivity contribution in [2.24, 2.45) is 0 Å². The monoisotopic (exact) mass is 348 g/mol. The smallest absolute Gasteiger partial charge is 0.138 e. The molecule has 130 valence electrons. The SMILES string of the molecule is C/C(C#Cc1ccccc1)=C/Cc1c(-c2ccccc2)oc2ccccc12. The zero-order valence-corrected chi connectivity index (χ0v) is 15.3. The van der Waals surface area contributed by atoms with E-state index in [1.165, 1.54) is 5.56 Å². The molecule has 3 aromatic carbocycles. The third-order valence-electron chi connectivity index (χ3n) is 4.52. The van der Waals surface area contributed by atoms with Crippen LogP contribution < -0.4 is 0 Å². The number of hydrogen-bond acceptors (Lipinski definition) is 1. The molecule has 0 radical (unpaired) electrons. The lowest BCUT2D eigenvalue weighted by molar-refractivity contribution is 0.628. The van der Waals surface area contributed by atoms with Gasteiger partial charge in [0.25, 0.3) is 0 Å². The van der Waals surface area contributed by atoms with Gasteiger partial charge in [0.1, 0.15) is 11.3 Å². The highest BCUT2D eigenvalue weighted by atomic mass is 16.3. The van der Waals surface area contributed by atoms with Gasteiger partial charge in [-0.3, -0.25) is 0 Å². The average molecular weight is 348 g/mol. The fourth-order valence-corrected chi connectivity index (χ4v) is 3.12. The summed E-state index contributed by atoms with van der Waals surface area (Å²) >= 11 is 0. The second-order valence-corrected chi connectivity index (χ2v) is 6.48. The largest absolute Gasteiger partial charge is 0.456 e. The van der Waals surface area contributed by atoms with E-state index in [1.807, 2.05) is 60.7 Å². The van der Waals surface area contributed by atoms with Crippen LogP contribution in [0.25, 0.3) is 22.3 Å². The predicted octanol–water partition coefficient (Wildman–Crippen LogP) is 6.64. The summed E-state index contributed by atoms with van der Waals surface area (Å²) < 4.78 is 6.18. The standard InChI is InChI=1S/C26H20O/c1-20(16-18-21-10-4-2-5-11-21)17-19-24-23-14-8-9-15-25(23)27-26(24)22-12-6-3-7-13-22/h2-15,17H,19H2,1H3/b20-17-. The zero-order chi connectivity index (χ0) is 18.5. The van der Waals surface area contributed by atoms with E-state index in [4.69, 9.17) is 4.42 Å². The summed E-state index contributed by atoms with van der Waals surface area (Å²) in [7, 11) is 0. The third-order valence-corrected chi connectivity index (χ3v) is 4.52. The summed E-state index contributed by atoms with van der Waals surface area (Å²) in [6.07, 6.45) is 2.97. The van der Waals surface area contributed by atoms with E-state index in [0.29, 0.717) is 0 Å². The van der Waals surface area contributed by atoms with Gasteiger partial charge in [-0.1, -0.05) is 84.6 Å². The Hall–Kier alpha value is -3.50. The maximum absolute atomic E-state index is 6.18. The summed E-state index contributed by atoms with van der Waals surface area (Å²) in [5, 5.41) is 1.16. The van der Waals surface area contributed by atoms with E-state index < -0.39 is 0 Å². The summed E-state index contributed by atoms with van der Waals surface area (Å²) in [5.74, 6) is 7.41. The van der Waals surface area contributed by atoms with Crippen molar-refractivity contribution in [3.63, 3.8) is 0 Å². The molecular weight excluding hydrogens is 328 g/mol. The molecule has 0 saturated heterocycles. The molecule has 0 bridgehead atoms. The van der Waals surface area contributed by atoms with Gasteiger partial charge in [0, 0.05) is 22.1 Å². The van der Waals surface area contributed by atoms with Crippen molar-refractivity contribution >= 4 is 11.0 Å². The molecule has 0 N–H and O–H groups in total. The first kappa shape index (κ1) is 16.9. The lowest BCUT2D eigenvalue weighted by Crippen LogP contribution is -1.85. The minimum absolute atomic E-state index is 0.788. The number of benzene rings is 3. The van der Waals surface area contributed by atoms with Gasteiger partial charge in [0.15, 0.2) is 0 Å². The highest BCUT2D eigenvalue weighted by Gasteiger charge is 2.14. The topological polar surface area (TPSA) is 13.1 Å². The molecule has 1 aromatic heterocycles. The summed E-state index contributed by atoms with van der Waals surface area (Å²) in [6.45, 7) is 2.06. The molecule has 0 saturated carbocycles. The molecule has 0 aliphatic rings. The number of hydrogen-bond donors (Lipinski definition) is 0. The Morgan fingerprint density at radius 1 is 0.852 bits per heavy atom. The Morgan fingerprint density at radius 3 is 2.30 bits per heavy atom. The van der Waals surface area contributed by atoms with E-state index in [9.17, 15) is 0 Å². The number of furan rings is 1. The first-order chi connectivity index (χ1) is 13.3. The lowest BCUT2D eigenvalue weighted by atomic mass is 10.0. The molecule has 1 heteroatoms. The van der Waals surface area contributed by atoms with Gasteiger partial charge in [-0.25, -0.2) is 0 Å². The van der Waals surface area contributed by atoms with Gasteiger partial charge >= 0.3 is 0 Å². The number of fused-ring (bicyclic) bond motifs is 1. The number of rotatable bonds is 3. The van der Waals surface area contributed by atoms with Crippen molar-refractivity contribution in [1.29, 1.82) is 0 Å². The Labute approximate surface area is 160 Å². The second kappa shape index (κ2) is 7.81. The first-order valence-corrected chi connectivity index (χ1v) is 9.11. The molecule has 27 heavy (non-hydrogen) atoms. The van der Waals surface area contributed by atoms with Crippen LogP contribution in [0.5, 0.6) is 0 Å². The Kier molecular flexibility index (Phi) is 4.90. The van der Waals surface area contributed by atoms with Crippen LogP contribution in [0.2, 0.25) is 0 Å². The summed E-state index contributed by atoms with van der Waals surface area (Å²) in [6, 6.07) is 28.6. The lowest BCUT2D eigenvalue weighted by Gasteiger charge is -2.01. The van der Waals surface area contributed by atoms with Crippen molar-refractivity contribution in [2.75, 3.05) is 0 Å². The van der Waals surface area contributed by atoms with Crippen LogP contribution in [0.15, 0.2) is 101 Å². The molecule has 0 atom stereocenters. The molecular formula is C26H20O. The van der Waals surface area contributed by atoms with E-state index in [0.717, 1.165) is 39.9 Å². The van der Waals surface area contributed by atoms with Crippen LogP contribution in [0.1, 0.15) is 18.1 Å². The van der Waals surface area contributed by atoms with E-state index in [-0.39, 0.29) is 0 Å². The van der Waals surface area contributed by atoms with Gasteiger partial charge in [0.05, 0.1) is 0 Å². The molecule has 0 aliphatic heterocycles. The average Bonchev–Trinajstić information content (AvgIpc) is 3.11. The molecule has 4 aromatic rings. The van der Waals surface area contributed by atoms with Crippen molar-refractivity contribution in [2.45, 2.75) is 13.3 Å². The number of para-hydroxylation sites is 1. The van der Waals surface area contributed by atoms with Crippen LogP contribution >= 0.6 is 0 Å². The zero-order valence-electron chi connectivity index (χ0n) is 15.3. The minimum atomic E-state index is 0.788. The summed E-state index contributed by atoms with van der Waals surface area (Å²) in [4.78, 5) is 0. The fourth-order valence-electron chi connectivity index (χ4n) is 3.12. The van der Waals surface area contributed by atoms with Crippen LogP contribution in [-0.2, 0) is 6.42 Å². The van der Waals surface area contributed by atoms with Crippen LogP contribution in [0.4, 0.5) is 0 Å². The van der Waals surface area contributed by atoms with Crippen molar-refractivity contribution < 1.29 is 4.42 Å². The fraction of sp³-hybridized carbons (Fsp3) is 0.0769. The Balaban J connectivity index is 1.68. The molecule has 0 fully saturated rings. The second-order valence-electron chi connectivity index (χ2n) is 6.48. The third kappa shape index (κ3) is 3.86. The highest BCUT2D eigenvalue weighted by Crippen LogP contribution is 2.34. The normalized spacial score (nSPS) is 11.2. The van der Waals surface area contributed by atoms with Crippen LogP contribution in [-0.4, -0.2) is 0 Å². The Bertz CT molecular complexity index is 1140. The van der Waals surface area contributed by atoms with Gasteiger partial charge in [-0.15, -0.1) is 0 Å². The van der Waals surface area contributed by atoms with Crippen molar-refractivity contribution in [3.05, 3.63) is 108 Å². The highest BCUT2D eigenvalue weighted by molar-refractivity contribution is 5.88. The van der Waals surface area contributed by atoms with Gasteiger partial charge in [0.2, 0.25) is 0 Å². The van der Waals surface area contributed by atoms with E-state index >= 15 is 0 Å². The molecule has 1 heterocycles. The van der Waals surface area contributed by atoms with Crippen LogP contribution in [0.3, 0.4) is 0 Å². The predicted molar refractivity (Wildman–Crippen MR) is 112 cm³/mol. The molecule has 4 rings (SSSR count). The minimum Gasteiger partial charge on any atom is -0.456 e. The van der Waals surface area contributed by atoms with Gasteiger partial charge in [-0.05, 0) is 37.1 Å². The molecule has 0 aliphatic carbocycles. The van der Waals surface area contributed by atoms with E-state index in [1.54, 1.807) is 0 Å². The summed E-state index contributed by atoms with van der Waals surface area (Å²) in [5.41, 5.74) is 5.32. The molecule has 0 unspecified atom stereocenters. The van der Waals surface area contributed by atoms with Crippen molar-refractivity contribution in [3.8, 4) is 23.2 Å². The first-order valence-electron chi connectivity index (χ1n) is 9.11. The molecule has 0 spiro atoms. The molecule has 0 amide bonds. The maximum atomic E-state index is 6.18.